The standard InChI is InChI=1S/C5H7N2OP/c8-9-3-5-1-6-4-7-2-5/h1-2,4H,3,9H2. The monoisotopic (exact) mass is 142 g/mol. The molecule has 1 atom stereocenters. The first-order chi connectivity index (χ1) is 4.43. The first-order valence-corrected chi connectivity index (χ1v) is 3.90. The summed E-state index contributed by atoms with van der Waals surface area (Å²) in [4.78, 5) is 7.53. The fourth-order valence-corrected chi connectivity index (χ4v) is 0.935. The Hall–Kier alpha value is -0.690. The van der Waals surface area contributed by atoms with Crippen molar-refractivity contribution in [3.8, 4) is 0 Å². The normalized spacial score (nSPS) is 10.7. The molecule has 0 saturated carbocycles. The lowest BCUT2D eigenvalue weighted by Gasteiger charge is -1.88. The molecule has 0 radical (unpaired) electrons. The van der Waals surface area contributed by atoms with Gasteiger partial charge in [-0.1, -0.05) is 0 Å². The molecule has 1 heterocycles. The molecule has 0 N–H and O–H groups in total. The lowest BCUT2D eigenvalue weighted by atomic mass is 10.4. The van der Waals surface area contributed by atoms with E-state index in [9.17, 15) is 4.57 Å². The second-order valence-corrected chi connectivity index (χ2v) is 2.36. The summed E-state index contributed by atoms with van der Waals surface area (Å²) in [5.74, 6) is 0. The lowest BCUT2D eigenvalue weighted by molar-refractivity contribution is 0.598. The molecule has 1 aromatic heterocycles. The van der Waals surface area contributed by atoms with E-state index in [-0.39, 0.29) is 0 Å². The number of hydrogen-bond acceptors (Lipinski definition) is 3. The molecular formula is C5H7N2OP. The first-order valence-electron chi connectivity index (χ1n) is 2.61. The van der Waals surface area contributed by atoms with E-state index in [2.05, 4.69) is 9.97 Å². The van der Waals surface area contributed by atoms with Crippen molar-refractivity contribution in [3.05, 3.63) is 24.3 Å². The highest BCUT2D eigenvalue weighted by atomic mass is 31.1. The van der Waals surface area contributed by atoms with Crippen LogP contribution in [0, 0.1) is 0 Å². The van der Waals surface area contributed by atoms with Crippen molar-refractivity contribution in [1.82, 2.24) is 9.97 Å². The van der Waals surface area contributed by atoms with Gasteiger partial charge in [0.2, 0.25) is 0 Å². The Kier molecular flexibility index (Phi) is 2.40. The van der Waals surface area contributed by atoms with E-state index in [1.54, 1.807) is 12.4 Å². The van der Waals surface area contributed by atoms with Gasteiger partial charge in [0.1, 0.15) is 6.33 Å². The molecule has 0 saturated heterocycles. The molecule has 9 heavy (non-hydrogen) atoms. The van der Waals surface area contributed by atoms with Crippen molar-refractivity contribution in [2.24, 2.45) is 0 Å². The Labute approximate surface area is 54.4 Å². The van der Waals surface area contributed by atoms with Crippen LogP contribution in [0.15, 0.2) is 18.7 Å². The van der Waals surface area contributed by atoms with Gasteiger partial charge < -0.3 is 4.57 Å². The zero-order valence-corrected chi connectivity index (χ0v) is 5.97. The maximum absolute atomic E-state index is 10.1. The molecule has 0 amide bonds. The topological polar surface area (TPSA) is 42.9 Å². The van der Waals surface area contributed by atoms with Gasteiger partial charge in [0, 0.05) is 18.6 Å². The van der Waals surface area contributed by atoms with Crippen molar-refractivity contribution >= 4 is 8.46 Å². The summed E-state index contributed by atoms with van der Waals surface area (Å²) in [6, 6.07) is 0. The molecule has 0 bridgehead atoms. The molecule has 3 nitrogen and oxygen atoms in total. The molecule has 0 aliphatic heterocycles. The van der Waals surface area contributed by atoms with Gasteiger partial charge >= 0.3 is 0 Å². The third kappa shape index (κ3) is 1.94. The van der Waals surface area contributed by atoms with Gasteiger partial charge in [-0.15, -0.1) is 0 Å². The van der Waals surface area contributed by atoms with Gasteiger partial charge in [-0.3, -0.25) is 0 Å². The van der Waals surface area contributed by atoms with E-state index in [0.29, 0.717) is 6.16 Å². The molecule has 0 aromatic carbocycles. The Bertz CT molecular complexity index is 189. The summed E-state index contributed by atoms with van der Waals surface area (Å²) in [5.41, 5.74) is 0.947. The largest absolute Gasteiger partial charge is 0.330 e. The Morgan fingerprint density at radius 3 is 2.67 bits per heavy atom. The van der Waals surface area contributed by atoms with Crippen LogP contribution < -0.4 is 0 Å². The molecule has 0 aliphatic rings. The fraction of sp³-hybridized carbons (Fsp3) is 0.200. The highest BCUT2D eigenvalue weighted by molar-refractivity contribution is 7.22. The Morgan fingerprint density at radius 1 is 1.44 bits per heavy atom. The SMILES string of the molecule is O=[PH2]Cc1cncnc1. The van der Waals surface area contributed by atoms with Crippen molar-refractivity contribution in [2.45, 2.75) is 6.16 Å². The van der Waals surface area contributed by atoms with Crippen LogP contribution in [0.25, 0.3) is 0 Å². The Morgan fingerprint density at radius 2 is 2.11 bits per heavy atom. The van der Waals surface area contributed by atoms with E-state index in [4.69, 9.17) is 0 Å². The van der Waals surface area contributed by atoms with Gasteiger partial charge in [0.15, 0.2) is 0 Å². The van der Waals surface area contributed by atoms with Crippen LogP contribution in [0.5, 0.6) is 0 Å². The predicted octanol–water partition coefficient (Wildman–Crippen LogP) is 0.733. The maximum Gasteiger partial charge on any atom is 0.115 e. The molecular weight excluding hydrogens is 135 g/mol. The minimum absolute atomic E-state index is 0.612. The zero-order valence-electron chi connectivity index (χ0n) is 4.82. The minimum atomic E-state index is -0.705. The van der Waals surface area contributed by atoms with E-state index >= 15 is 0 Å². The lowest BCUT2D eigenvalue weighted by Crippen LogP contribution is -1.80. The van der Waals surface area contributed by atoms with Crippen LogP contribution in [0.2, 0.25) is 0 Å². The van der Waals surface area contributed by atoms with Gasteiger partial charge in [-0.2, -0.15) is 0 Å². The molecule has 4 heteroatoms. The summed E-state index contributed by atoms with van der Waals surface area (Å²) < 4.78 is 10.1. The number of aromatic nitrogens is 2. The second kappa shape index (κ2) is 3.36. The Balaban J connectivity index is 2.72. The van der Waals surface area contributed by atoms with Gasteiger partial charge in [-0.25, -0.2) is 9.97 Å². The first kappa shape index (κ1) is 6.43. The van der Waals surface area contributed by atoms with Crippen LogP contribution in [-0.4, -0.2) is 9.97 Å². The van der Waals surface area contributed by atoms with Crippen molar-refractivity contribution < 1.29 is 4.57 Å². The average molecular weight is 142 g/mol. The molecule has 0 spiro atoms. The summed E-state index contributed by atoms with van der Waals surface area (Å²) >= 11 is 0. The van der Waals surface area contributed by atoms with Crippen molar-refractivity contribution in [2.75, 3.05) is 0 Å². The third-order valence-corrected chi connectivity index (χ3v) is 1.57. The summed E-state index contributed by atoms with van der Waals surface area (Å²) in [6.07, 6.45) is 5.43. The van der Waals surface area contributed by atoms with Crippen LogP contribution >= 0.6 is 8.46 Å². The summed E-state index contributed by atoms with van der Waals surface area (Å²) in [7, 11) is -0.705. The maximum atomic E-state index is 10.1. The second-order valence-electron chi connectivity index (χ2n) is 1.62. The fourth-order valence-electron chi connectivity index (χ4n) is 0.532. The van der Waals surface area contributed by atoms with E-state index in [0.717, 1.165) is 5.56 Å². The van der Waals surface area contributed by atoms with Crippen LogP contribution in [-0.2, 0) is 10.7 Å². The predicted molar refractivity (Wildman–Crippen MR) is 36.1 cm³/mol. The smallest absolute Gasteiger partial charge is 0.115 e. The van der Waals surface area contributed by atoms with Crippen molar-refractivity contribution in [1.29, 1.82) is 0 Å². The number of hydrogen-bond donors (Lipinski definition) is 0. The van der Waals surface area contributed by atoms with Crippen LogP contribution in [0.4, 0.5) is 0 Å². The highest BCUT2D eigenvalue weighted by Gasteiger charge is 1.86. The molecule has 1 aromatic rings. The minimum Gasteiger partial charge on any atom is -0.330 e. The van der Waals surface area contributed by atoms with E-state index in [1.165, 1.54) is 6.33 Å². The number of rotatable bonds is 2. The molecule has 0 aliphatic carbocycles. The van der Waals surface area contributed by atoms with E-state index in [1.807, 2.05) is 0 Å². The van der Waals surface area contributed by atoms with Gasteiger partial charge in [0.05, 0.1) is 8.46 Å². The molecule has 1 rings (SSSR count). The van der Waals surface area contributed by atoms with Gasteiger partial charge in [-0.05, 0) is 5.56 Å². The average Bonchev–Trinajstić information content (AvgIpc) is 1.91. The quantitative estimate of drug-likeness (QED) is 0.572. The van der Waals surface area contributed by atoms with Crippen molar-refractivity contribution in [3.63, 3.8) is 0 Å². The molecule has 0 fully saturated rings. The zero-order chi connectivity index (χ0) is 6.53. The van der Waals surface area contributed by atoms with Crippen LogP contribution in [0.1, 0.15) is 5.56 Å². The molecule has 48 valence electrons. The van der Waals surface area contributed by atoms with Gasteiger partial charge in [0.25, 0.3) is 0 Å². The highest BCUT2D eigenvalue weighted by Crippen LogP contribution is 2.03. The van der Waals surface area contributed by atoms with Crippen LogP contribution in [0.3, 0.4) is 0 Å². The third-order valence-electron chi connectivity index (χ3n) is 0.933. The molecule has 1 unspecified atom stereocenters. The van der Waals surface area contributed by atoms with E-state index < -0.39 is 8.46 Å². The summed E-state index contributed by atoms with van der Waals surface area (Å²) in [5, 5.41) is 0. The summed E-state index contributed by atoms with van der Waals surface area (Å²) in [6.45, 7) is 0. The number of nitrogens with zero attached hydrogens (tertiary/aromatic N) is 2.